The van der Waals surface area contributed by atoms with Crippen molar-refractivity contribution < 1.29 is 13.9 Å². The van der Waals surface area contributed by atoms with Crippen LogP contribution in [0.25, 0.3) is 0 Å². The minimum Gasteiger partial charge on any atom is -0.372 e. The first-order chi connectivity index (χ1) is 12.8. The van der Waals surface area contributed by atoms with E-state index in [2.05, 4.69) is 39.5 Å². The van der Waals surface area contributed by atoms with Crippen LogP contribution in [-0.4, -0.2) is 67.3 Å². The fourth-order valence-corrected chi connectivity index (χ4v) is 3.16. The van der Waals surface area contributed by atoms with Crippen LogP contribution in [0.2, 0.25) is 0 Å². The summed E-state index contributed by atoms with van der Waals surface area (Å²) in [6.07, 6.45) is 4.62. The van der Waals surface area contributed by atoms with Crippen LogP contribution in [0.3, 0.4) is 0 Å². The van der Waals surface area contributed by atoms with E-state index >= 15 is 0 Å². The molecule has 27 heavy (non-hydrogen) atoms. The molecule has 0 N–H and O–H groups in total. The van der Waals surface area contributed by atoms with Crippen LogP contribution in [0, 0.1) is 5.41 Å². The maximum atomic E-state index is 14.4. The molecular weight excluding hydrogens is 343 g/mol. The number of piperidine rings is 2. The number of alkyl halides is 1. The van der Waals surface area contributed by atoms with Gasteiger partial charge in [0.25, 0.3) is 0 Å². The van der Waals surface area contributed by atoms with Crippen LogP contribution < -0.4 is 0 Å². The van der Waals surface area contributed by atoms with Gasteiger partial charge in [0.1, 0.15) is 6.17 Å². The van der Waals surface area contributed by atoms with Crippen LogP contribution >= 0.6 is 0 Å². The number of hydrogen-bond acceptors (Lipinski definition) is 3. The Morgan fingerprint density at radius 2 is 1.63 bits per heavy atom. The Kier molecular flexibility index (Phi) is 14.0. The third-order valence-corrected chi connectivity index (χ3v) is 4.74. The van der Waals surface area contributed by atoms with Crippen molar-refractivity contribution in [2.75, 3.05) is 32.7 Å². The first kappa shape index (κ1) is 26.3. The fourth-order valence-electron chi connectivity index (χ4n) is 3.16. The molecule has 2 fully saturated rings. The van der Waals surface area contributed by atoms with Crippen molar-refractivity contribution in [3.05, 3.63) is 0 Å². The molecule has 0 bridgehead atoms. The lowest BCUT2D eigenvalue weighted by molar-refractivity contribution is -0.125. The lowest BCUT2D eigenvalue weighted by Crippen LogP contribution is -2.48. The quantitative estimate of drug-likeness (QED) is 0.627. The van der Waals surface area contributed by atoms with Gasteiger partial charge in [0.05, 0.1) is 12.2 Å². The zero-order valence-corrected chi connectivity index (χ0v) is 19.0. The molecule has 0 aromatic rings. The average Bonchev–Trinajstić information content (AvgIpc) is 2.64. The number of halogens is 1. The first-order valence-electron chi connectivity index (χ1n) is 11.0. The molecule has 5 heteroatoms. The Labute approximate surface area is 167 Å². The predicted molar refractivity (Wildman–Crippen MR) is 113 cm³/mol. The standard InChI is InChI=1S/C17H31FN2O2.C3H8.C2H6/c1-17(2,3)7-11-19-10-6-16(15(18)12-19)22-14-4-8-20(13-21)9-5-14;1-3-2;1-2/h13-16H,4-12H2,1-3H3;3H2,1-2H3;1-2H3. The van der Waals surface area contributed by atoms with Gasteiger partial charge in [-0.3, -0.25) is 4.79 Å². The monoisotopic (exact) mass is 388 g/mol. The Morgan fingerprint density at radius 3 is 2.07 bits per heavy atom. The Hall–Kier alpha value is -0.680. The van der Waals surface area contributed by atoms with E-state index in [0.29, 0.717) is 12.0 Å². The fraction of sp³-hybridized carbons (Fsp3) is 0.955. The highest BCUT2D eigenvalue weighted by atomic mass is 19.1. The highest BCUT2D eigenvalue weighted by Gasteiger charge is 2.33. The van der Waals surface area contributed by atoms with E-state index < -0.39 is 6.17 Å². The summed E-state index contributed by atoms with van der Waals surface area (Å²) in [5.74, 6) is 0. The van der Waals surface area contributed by atoms with Crippen LogP contribution in [0.5, 0.6) is 0 Å². The molecule has 162 valence electrons. The van der Waals surface area contributed by atoms with Gasteiger partial charge in [-0.1, -0.05) is 54.9 Å². The zero-order valence-electron chi connectivity index (χ0n) is 19.0. The highest BCUT2D eigenvalue weighted by molar-refractivity contribution is 5.47. The SMILES string of the molecule is CC.CC(C)(C)CCN1CCC(OC2CCN(C=O)CC2)C(F)C1.CCC. The van der Waals surface area contributed by atoms with Gasteiger partial charge in [-0.05, 0) is 37.6 Å². The number of amides is 1. The number of nitrogens with zero attached hydrogens (tertiary/aromatic N) is 2. The molecule has 2 aliphatic rings. The lowest BCUT2D eigenvalue weighted by atomic mass is 9.91. The van der Waals surface area contributed by atoms with Crippen LogP contribution in [0.15, 0.2) is 0 Å². The van der Waals surface area contributed by atoms with Gasteiger partial charge in [0.15, 0.2) is 0 Å². The third kappa shape index (κ3) is 11.7. The molecule has 2 heterocycles. The highest BCUT2D eigenvalue weighted by Crippen LogP contribution is 2.25. The number of carbonyl (C=O) groups excluding carboxylic acids is 1. The molecule has 2 saturated heterocycles. The van der Waals surface area contributed by atoms with Crippen molar-refractivity contribution >= 4 is 6.41 Å². The molecule has 1 amide bonds. The van der Waals surface area contributed by atoms with E-state index in [1.807, 2.05) is 13.8 Å². The second-order valence-electron chi connectivity index (χ2n) is 8.64. The van der Waals surface area contributed by atoms with Crippen molar-refractivity contribution in [2.45, 2.75) is 98.9 Å². The molecule has 0 aromatic carbocycles. The minimum absolute atomic E-state index is 0.112. The number of likely N-dealkylation sites (tertiary alicyclic amines) is 2. The smallest absolute Gasteiger partial charge is 0.209 e. The average molecular weight is 389 g/mol. The van der Waals surface area contributed by atoms with Gasteiger partial charge in [-0.25, -0.2) is 4.39 Å². The largest absolute Gasteiger partial charge is 0.372 e. The van der Waals surface area contributed by atoms with Gasteiger partial charge >= 0.3 is 0 Å². The summed E-state index contributed by atoms with van der Waals surface area (Å²) in [4.78, 5) is 14.7. The number of rotatable bonds is 5. The van der Waals surface area contributed by atoms with Gasteiger partial charge < -0.3 is 14.5 Å². The molecule has 0 radical (unpaired) electrons. The van der Waals surface area contributed by atoms with Crippen LogP contribution in [0.1, 0.15) is 80.6 Å². The Balaban J connectivity index is 0.00000123. The van der Waals surface area contributed by atoms with E-state index in [0.717, 1.165) is 58.3 Å². The van der Waals surface area contributed by atoms with Gasteiger partial charge in [0, 0.05) is 26.2 Å². The van der Waals surface area contributed by atoms with Crippen LogP contribution in [-0.2, 0) is 9.53 Å². The normalized spacial score (nSPS) is 24.4. The second kappa shape index (κ2) is 14.3. The molecule has 2 rings (SSSR count). The van der Waals surface area contributed by atoms with Crippen molar-refractivity contribution in [3.8, 4) is 0 Å². The topological polar surface area (TPSA) is 32.8 Å². The van der Waals surface area contributed by atoms with E-state index in [4.69, 9.17) is 4.74 Å². The summed E-state index contributed by atoms with van der Waals surface area (Å²) in [7, 11) is 0. The summed E-state index contributed by atoms with van der Waals surface area (Å²) >= 11 is 0. The van der Waals surface area contributed by atoms with Crippen molar-refractivity contribution in [2.24, 2.45) is 5.41 Å². The van der Waals surface area contributed by atoms with E-state index in [-0.39, 0.29) is 12.2 Å². The lowest BCUT2D eigenvalue weighted by Gasteiger charge is -2.38. The zero-order chi connectivity index (χ0) is 20.9. The van der Waals surface area contributed by atoms with E-state index in [9.17, 15) is 9.18 Å². The molecule has 4 nitrogen and oxygen atoms in total. The summed E-state index contributed by atoms with van der Waals surface area (Å²) in [5.41, 5.74) is 0.297. The van der Waals surface area contributed by atoms with Gasteiger partial charge in [0.2, 0.25) is 6.41 Å². The molecule has 0 aromatic heterocycles. The van der Waals surface area contributed by atoms with E-state index in [1.54, 1.807) is 4.90 Å². The van der Waals surface area contributed by atoms with Gasteiger partial charge in [-0.2, -0.15) is 0 Å². The van der Waals surface area contributed by atoms with E-state index in [1.165, 1.54) is 6.42 Å². The third-order valence-electron chi connectivity index (χ3n) is 4.74. The molecule has 2 unspecified atom stereocenters. The molecular formula is C22H45FN2O2. The van der Waals surface area contributed by atoms with Crippen molar-refractivity contribution in [3.63, 3.8) is 0 Å². The maximum Gasteiger partial charge on any atom is 0.209 e. The molecule has 2 aliphatic heterocycles. The first-order valence-corrected chi connectivity index (χ1v) is 11.0. The molecule has 0 aliphatic carbocycles. The van der Waals surface area contributed by atoms with Crippen molar-refractivity contribution in [1.82, 2.24) is 9.80 Å². The summed E-state index contributed by atoms with van der Waals surface area (Å²) < 4.78 is 20.4. The Bertz CT molecular complexity index is 366. The van der Waals surface area contributed by atoms with Crippen molar-refractivity contribution in [1.29, 1.82) is 0 Å². The summed E-state index contributed by atoms with van der Waals surface area (Å²) in [6, 6.07) is 0. The van der Waals surface area contributed by atoms with Gasteiger partial charge in [-0.15, -0.1) is 0 Å². The Morgan fingerprint density at radius 1 is 1.07 bits per heavy atom. The number of hydrogen-bond donors (Lipinski definition) is 0. The summed E-state index contributed by atoms with van der Waals surface area (Å²) in [5, 5.41) is 0. The number of carbonyl (C=O) groups is 1. The number of ether oxygens (including phenoxy) is 1. The maximum absolute atomic E-state index is 14.4. The predicted octanol–water partition coefficient (Wildman–Crippen LogP) is 4.91. The molecule has 0 saturated carbocycles. The molecule has 2 atom stereocenters. The minimum atomic E-state index is -0.891. The summed E-state index contributed by atoms with van der Waals surface area (Å²) in [6.45, 7) is 18.8. The second-order valence-corrected chi connectivity index (χ2v) is 8.64. The molecule has 0 spiro atoms. The van der Waals surface area contributed by atoms with Crippen LogP contribution in [0.4, 0.5) is 4.39 Å².